The normalized spacial score (nSPS) is 15.5. The van der Waals surface area contributed by atoms with Crippen LogP contribution in [0.2, 0.25) is 0 Å². The van der Waals surface area contributed by atoms with Crippen LogP contribution in [0.3, 0.4) is 0 Å². The van der Waals surface area contributed by atoms with Gasteiger partial charge < -0.3 is 4.74 Å². The Kier molecular flexibility index (Phi) is 5.77. The molecular weight excluding hydrogens is 302 g/mol. The van der Waals surface area contributed by atoms with Gasteiger partial charge in [0.1, 0.15) is 5.82 Å². The molecule has 0 atom stereocenters. The molecule has 3 rings (SSSR count). The molecule has 128 valence electrons. The van der Waals surface area contributed by atoms with E-state index < -0.39 is 0 Å². The van der Waals surface area contributed by atoms with Crippen LogP contribution in [0.15, 0.2) is 41.3 Å². The average molecular weight is 327 g/mol. The summed E-state index contributed by atoms with van der Waals surface area (Å²) in [6.07, 6.45) is 3.76. The Morgan fingerprint density at radius 1 is 1.08 bits per heavy atom. The molecule has 0 saturated carbocycles. The standard InChI is InChI=1S/C19H25N3O2/c1-16-20-15-18(17-7-3-2-4-8-17)19(23)22(16)10-6-5-9-21-11-13-24-14-12-21/h2-4,7-8,15H,5-6,9-14H2,1H3. The zero-order chi connectivity index (χ0) is 16.8. The minimum absolute atomic E-state index is 0.0556. The van der Waals surface area contributed by atoms with Crippen molar-refractivity contribution in [2.75, 3.05) is 32.8 Å². The van der Waals surface area contributed by atoms with E-state index in [-0.39, 0.29) is 5.56 Å². The smallest absolute Gasteiger partial charge is 0.261 e. The lowest BCUT2D eigenvalue weighted by Gasteiger charge is -2.26. The Morgan fingerprint density at radius 3 is 2.54 bits per heavy atom. The fourth-order valence-corrected chi connectivity index (χ4v) is 3.08. The molecule has 2 aromatic rings. The highest BCUT2D eigenvalue weighted by atomic mass is 16.5. The molecule has 1 fully saturated rings. The summed E-state index contributed by atoms with van der Waals surface area (Å²) in [4.78, 5) is 19.6. The highest BCUT2D eigenvalue weighted by Gasteiger charge is 2.11. The number of hydrogen-bond acceptors (Lipinski definition) is 4. The van der Waals surface area contributed by atoms with Crippen molar-refractivity contribution in [3.05, 3.63) is 52.7 Å². The largest absolute Gasteiger partial charge is 0.379 e. The second-order valence-corrected chi connectivity index (χ2v) is 6.20. The Bertz CT molecular complexity index is 706. The van der Waals surface area contributed by atoms with Gasteiger partial charge in [-0.15, -0.1) is 0 Å². The molecule has 24 heavy (non-hydrogen) atoms. The SMILES string of the molecule is Cc1ncc(-c2ccccc2)c(=O)n1CCCCN1CCOCC1. The van der Waals surface area contributed by atoms with Crippen molar-refractivity contribution in [1.29, 1.82) is 0 Å². The molecule has 0 bridgehead atoms. The lowest BCUT2D eigenvalue weighted by Crippen LogP contribution is -2.37. The molecule has 0 amide bonds. The molecule has 1 aromatic heterocycles. The van der Waals surface area contributed by atoms with Crippen LogP contribution >= 0.6 is 0 Å². The second kappa shape index (κ2) is 8.22. The summed E-state index contributed by atoms with van der Waals surface area (Å²) < 4.78 is 7.17. The number of aryl methyl sites for hydroxylation is 1. The monoisotopic (exact) mass is 327 g/mol. The molecule has 2 heterocycles. The maximum Gasteiger partial charge on any atom is 0.261 e. The number of nitrogens with zero attached hydrogens (tertiary/aromatic N) is 3. The van der Waals surface area contributed by atoms with Gasteiger partial charge in [-0.1, -0.05) is 30.3 Å². The van der Waals surface area contributed by atoms with Crippen LogP contribution in [-0.4, -0.2) is 47.3 Å². The minimum Gasteiger partial charge on any atom is -0.379 e. The van der Waals surface area contributed by atoms with Gasteiger partial charge in [0.2, 0.25) is 0 Å². The van der Waals surface area contributed by atoms with Gasteiger partial charge in [0.15, 0.2) is 0 Å². The quantitative estimate of drug-likeness (QED) is 0.764. The van der Waals surface area contributed by atoms with Gasteiger partial charge in [-0.05, 0) is 31.9 Å². The number of morpholine rings is 1. The van der Waals surface area contributed by atoms with Crippen molar-refractivity contribution in [2.24, 2.45) is 0 Å². The number of aromatic nitrogens is 2. The molecule has 0 unspecified atom stereocenters. The third kappa shape index (κ3) is 4.10. The Morgan fingerprint density at radius 2 is 1.79 bits per heavy atom. The van der Waals surface area contributed by atoms with Gasteiger partial charge in [0.05, 0.1) is 18.8 Å². The second-order valence-electron chi connectivity index (χ2n) is 6.20. The maximum atomic E-state index is 12.8. The van der Waals surface area contributed by atoms with E-state index in [4.69, 9.17) is 4.74 Å². The zero-order valence-corrected chi connectivity index (χ0v) is 14.3. The summed E-state index contributed by atoms with van der Waals surface area (Å²) >= 11 is 0. The third-order valence-corrected chi connectivity index (χ3v) is 4.54. The van der Waals surface area contributed by atoms with E-state index in [2.05, 4.69) is 9.88 Å². The number of rotatable bonds is 6. The lowest BCUT2D eigenvalue weighted by atomic mass is 10.1. The highest BCUT2D eigenvalue weighted by molar-refractivity contribution is 5.61. The summed E-state index contributed by atoms with van der Waals surface area (Å²) in [5.74, 6) is 0.783. The molecule has 0 spiro atoms. The third-order valence-electron chi connectivity index (χ3n) is 4.54. The predicted octanol–water partition coefficient (Wildman–Crippen LogP) is 2.33. The van der Waals surface area contributed by atoms with Crippen LogP contribution in [0.4, 0.5) is 0 Å². The first-order chi connectivity index (χ1) is 11.8. The molecule has 1 aliphatic rings. The number of benzene rings is 1. The van der Waals surface area contributed by atoms with Crippen molar-refractivity contribution in [3.8, 4) is 11.1 Å². The molecule has 1 aliphatic heterocycles. The number of hydrogen-bond donors (Lipinski definition) is 0. The van der Waals surface area contributed by atoms with Crippen molar-refractivity contribution in [3.63, 3.8) is 0 Å². The fourth-order valence-electron chi connectivity index (χ4n) is 3.08. The van der Waals surface area contributed by atoms with Gasteiger partial charge in [0, 0.05) is 25.8 Å². The lowest BCUT2D eigenvalue weighted by molar-refractivity contribution is 0.0370. The van der Waals surface area contributed by atoms with E-state index in [1.807, 2.05) is 41.8 Å². The van der Waals surface area contributed by atoms with Crippen molar-refractivity contribution in [2.45, 2.75) is 26.3 Å². The van der Waals surface area contributed by atoms with Crippen molar-refractivity contribution >= 4 is 0 Å². The minimum atomic E-state index is 0.0556. The fraction of sp³-hybridized carbons (Fsp3) is 0.474. The van der Waals surface area contributed by atoms with Crippen molar-refractivity contribution in [1.82, 2.24) is 14.5 Å². The van der Waals surface area contributed by atoms with Gasteiger partial charge in [-0.3, -0.25) is 14.3 Å². The first-order valence-electron chi connectivity index (χ1n) is 8.67. The van der Waals surface area contributed by atoms with Crippen LogP contribution in [0.1, 0.15) is 18.7 Å². The van der Waals surface area contributed by atoms with Gasteiger partial charge >= 0.3 is 0 Å². The van der Waals surface area contributed by atoms with E-state index in [9.17, 15) is 4.79 Å². The van der Waals surface area contributed by atoms with Gasteiger partial charge in [-0.25, -0.2) is 4.98 Å². The zero-order valence-electron chi connectivity index (χ0n) is 14.3. The van der Waals surface area contributed by atoms with Crippen LogP contribution in [0.25, 0.3) is 11.1 Å². The van der Waals surface area contributed by atoms with E-state index in [1.165, 1.54) is 0 Å². The Balaban J connectivity index is 1.63. The van der Waals surface area contributed by atoms with Crippen molar-refractivity contribution < 1.29 is 4.74 Å². The molecule has 0 aliphatic carbocycles. The average Bonchev–Trinajstić information content (AvgIpc) is 2.62. The van der Waals surface area contributed by atoms with E-state index in [0.29, 0.717) is 5.56 Å². The predicted molar refractivity (Wildman–Crippen MR) is 95.2 cm³/mol. The van der Waals surface area contributed by atoms with E-state index in [0.717, 1.165) is 63.6 Å². The summed E-state index contributed by atoms with van der Waals surface area (Å²) in [6, 6.07) is 9.75. The van der Waals surface area contributed by atoms with Gasteiger partial charge in [-0.2, -0.15) is 0 Å². The molecule has 0 N–H and O–H groups in total. The Hall–Kier alpha value is -1.98. The van der Waals surface area contributed by atoms with E-state index in [1.54, 1.807) is 6.20 Å². The van der Waals surface area contributed by atoms with Gasteiger partial charge in [0.25, 0.3) is 5.56 Å². The first-order valence-corrected chi connectivity index (χ1v) is 8.67. The summed E-state index contributed by atoms with van der Waals surface area (Å²) in [5.41, 5.74) is 1.66. The highest BCUT2D eigenvalue weighted by Crippen LogP contribution is 2.14. The van der Waals surface area contributed by atoms with Crippen LogP contribution < -0.4 is 5.56 Å². The summed E-state index contributed by atoms with van der Waals surface area (Å²) in [5, 5.41) is 0. The maximum absolute atomic E-state index is 12.8. The molecular formula is C19H25N3O2. The molecule has 5 heteroatoms. The number of ether oxygens (including phenoxy) is 1. The summed E-state index contributed by atoms with van der Waals surface area (Å²) in [6.45, 7) is 7.40. The first kappa shape index (κ1) is 16.9. The van der Waals surface area contributed by atoms with Crippen LogP contribution in [0, 0.1) is 6.92 Å². The molecule has 0 radical (unpaired) electrons. The number of unbranched alkanes of at least 4 members (excludes halogenated alkanes) is 1. The van der Waals surface area contributed by atoms with Crippen LogP contribution in [0.5, 0.6) is 0 Å². The Labute approximate surface area is 142 Å². The topological polar surface area (TPSA) is 47.4 Å². The summed E-state index contributed by atoms with van der Waals surface area (Å²) in [7, 11) is 0. The van der Waals surface area contributed by atoms with Crippen LogP contribution in [-0.2, 0) is 11.3 Å². The molecule has 1 saturated heterocycles. The molecule has 1 aromatic carbocycles. The van der Waals surface area contributed by atoms with E-state index >= 15 is 0 Å². The molecule has 5 nitrogen and oxygen atoms in total.